The Morgan fingerprint density at radius 3 is 2.40 bits per heavy atom. The molecule has 0 aromatic carbocycles. The zero-order valence-electron chi connectivity index (χ0n) is 9.13. The van der Waals surface area contributed by atoms with Crippen LogP contribution in [-0.2, 0) is 9.59 Å². The molecule has 1 amide bonds. The SMILES string of the molecule is O=C1CCCC1C(=O)NC1CCCCC1. The molecule has 0 radical (unpaired) electrons. The monoisotopic (exact) mass is 209 g/mol. The van der Waals surface area contributed by atoms with E-state index in [0.29, 0.717) is 12.5 Å². The lowest BCUT2D eigenvalue weighted by Gasteiger charge is -2.23. The number of nitrogens with one attached hydrogen (secondary N) is 1. The normalized spacial score (nSPS) is 28.0. The topological polar surface area (TPSA) is 46.2 Å². The Morgan fingerprint density at radius 2 is 1.80 bits per heavy atom. The largest absolute Gasteiger partial charge is 0.353 e. The van der Waals surface area contributed by atoms with Gasteiger partial charge in [0.2, 0.25) is 5.91 Å². The molecule has 1 atom stereocenters. The van der Waals surface area contributed by atoms with Crippen LogP contribution in [0.25, 0.3) is 0 Å². The summed E-state index contributed by atoms with van der Waals surface area (Å²) in [6, 6.07) is 0.333. The second-order valence-electron chi connectivity index (χ2n) is 4.75. The predicted molar refractivity (Wildman–Crippen MR) is 57.4 cm³/mol. The predicted octanol–water partition coefficient (Wildman–Crippen LogP) is 1.80. The molecule has 2 aliphatic rings. The van der Waals surface area contributed by atoms with Gasteiger partial charge in [-0.25, -0.2) is 0 Å². The highest BCUT2D eigenvalue weighted by Crippen LogP contribution is 2.23. The van der Waals surface area contributed by atoms with Gasteiger partial charge in [-0.3, -0.25) is 9.59 Å². The molecule has 2 fully saturated rings. The van der Waals surface area contributed by atoms with Gasteiger partial charge in [0.1, 0.15) is 5.78 Å². The van der Waals surface area contributed by atoms with Gasteiger partial charge in [0, 0.05) is 12.5 Å². The summed E-state index contributed by atoms with van der Waals surface area (Å²) in [4.78, 5) is 23.2. The third-order valence-corrected chi connectivity index (χ3v) is 3.57. The molecule has 0 bridgehead atoms. The van der Waals surface area contributed by atoms with Crippen molar-refractivity contribution in [1.82, 2.24) is 5.32 Å². The van der Waals surface area contributed by atoms with Gasteiger partial charge in [0.15, 0.2) is 0 Å². The zero-order valence-corrected chi connectivity index (χ0v) is 9.13. The molecule has 1 N–H and O–H groups in total. The maximum Gasteiger partial charge on any atom is 0.230 e. The Bertz CT molecular complexity index is 256. The minimum atomic E-state index is -0.327. The van der Waals surface area contributed by atoms with Crippen LogP contribution in [0, 0.1) is 5.92 Å². The van der Waals surface area contributed by atoms with Crippen LogP contribution in [0.3, 0.4) is 0 Å². The molecule has 0 saturated heterocycles. The molecule has 0 spiro atoms. The second kappa shape index (κ2) is 4.77. The van der Waals surface area contributed by atoms with Crippen molar-refractivity contribution in [3.63, 3.8) is 0 Å². The van der Waals surface area contributed by atoms with Gasteiger partial charge < -0.3 is 5.32 Å². The summed E-state index contributed by atoms with van der Waals surface area (Å²) in [5.74, 6) is -0.195. The van der Waals surface area contributed by atoms with E-state index in [4.69, 9.17) is 0 Å². The number of amides is 1. The fourth-order valence-electron chi connectivity index (χ4n) is 2.64. The Kier molecular flexibility index (Phi) is 3.39. The standard InChI is InChI=1S/C12H19NO2/c14-11-8-4-7-10(11)12(15)13-9-5-2-1-3-6-9/h9-10H,1-8H2,(H,13,15). The maximum absolute atomic E-state index is 11.8. The zero-order chi connectivity index (χ0) is 10.7. The van der Waals surface area contributed by atoms with E-state index in [1.165, 1.54) is 19.3 Å². The van der Waals surface area contributed by atoms with Crippen molar-refractivity contribution < 1.29 is 9.59 Å². The Balaban J connectivity index is 1.82. The van der Waals surface area contributed by atoms with Crippen LogP contribution in [0.5, 0.6) is 0 Å². The molecule has 2 aliphatic carbocycles. The number of ketones is 1. The van der Waals surface area contributed by atoms with Crippen molar-refractivity contribution in [1.29, 1.82) is 0 Å². The lowest BCUT2D eigenvalue weighted by atomic mass is 9.94. The van der Waals surface area contributed by atoms with E-state index in [0.717, 1.165) is 25.7 Å². The van der Waals surface area contributed by atoms with Gasteiger partial charge in [-0.2, -0.15) is 0 Å². The van der Waals surface area contributed by atoms with Crippen LogP contribution in [-0.4, -0.2) is 17.7 Å². The van der Waals surface area contributed by atoms with E-state index >= 15 is 0 Å². The summed E-state index contributed by atoms with van der Waals surface area (Å²) < 4.78 is 0. The summed E-state index contributed by atoms with van der Waals surface area (Å²) >= 11 is 0. The molecule has 2 saturated carbocycles. The number of Topliss-reactive ketones (excluding diaryl/α,β-unsaturated/α-hetero) is 1. The Morgan fingerprint density at radius 1 is 1.07 bits per heavy atom. The first-order chi connectivity index (χ1) is 7.27. The number of rotatable bonds is 2. The summed E-state index contributed by atoms with van der Waals surface area (Å²) in [7, 11) is 0. The van der Waals surface area contributed by atoms with Crippen molar-refractivity contribution in [2.75, 3.05) is 0 Å². The fraction of sp³-hybridized carbons (Fsp3) is 0.833. The Hall–Kier alpha value is -0.860. The second-order valence-corrected chi connectivity index (χ2v) is 4.75. The third kappa shape index (κ3) is 2.58. The minimum absolute atomic E-state index is 0.00981. The maximum atomic E-state index is 11.8. The Labute approximate surface area is 90.6 Å². The fourth-order valence-corrected chi connectivity index (χ4v) is 2.64. The van der Waals surface area contributed by atoms with Crippen molar-refractivity contribution in [3.8, 4) is 0 Å². The highest BCUT2D eigenvalue weighted by atomic mass is 16.2. The first kappa shape index (κ1) is 10.7. The average Bonchev–Trinajstić information content (AvgIpc) is 2.66. The van der Waals surface area contributed by atoms with E-state index in [2.05, 4.69) is 5.32 Å². The average molecular weight is 209 g/mol. The summed E-state index contributed by atoms with van der Waals surface area (Å²) in [5.41, 5.74) is 0. The minimum Gasteiger partial charge on any atom is -0.353 e. The van der Waals surface area contributed by atoms with Gasteiger partial charge in [0.25, 0.3) is 0 Å². The smallest absolute Gasteiger partial charge is 0.230 e. The molecular formula is C12H19NO2. The van der Waals surface area contributed by atoms with E-state index in [-0.39, 0.29) is 17.6 Å². The van der Waals surface area contributed by atoms with Crippen LogP contribution in [0.15, 0.2) is 0 Å². The molecule has 0 aromatic rings. The van der Waals surface area contributed by atoms with Crippen LogP contribution in [0.1, 0.15) is 51.4 Å². The molecular weight excluding hydrogens is 190 g/mol. The van der Waals surface area contributed by atoms with Crippen molar-refractivity contribution in [2.45, 2.75) is 57.4 Å². The van der Waals surface area contributed by atoms with Crippen LogP contribution < -0.4 is 5.32 Å². The molecule has 0 heterocycles. The number of carbonyl (C=O) groups excluding carboxylic acids is 2. The molecule has 15 heavy (non-hydrogen) atoms. The van der Waals surface area contributed by atoms with Gasteiger partial charge in [-0.15, -0.1) is 0 Å². The van der Waals surface area contributed by atoms with Crippen LogP contribution in [0.4, 0.5) is 0 Å². The number of hydrogen-bond acceptors (Lipinski definition) is 2. The summed E-state index contributed by atoms with van der Waals surface area (Å²) in [6.07, 6.45) is 8.14. The van der Waals surface area contributed by atoms with Crippen molar-refractivity contribution >= 4 is 11.7 Å². The first-order valence-corrected chi connectivity index (χ1v) is 6.10. The van der Waals surface area contributed by atoms with Crippen LogP contribution in [0.2, 0.25) is 0 Å². The highest BCUT2D eigenvalue weighted by molar-refractivity contribution is 6.02. The van der Waals surface area contributed by atoms with Gasteiger partial charge in [0.05, 0.1) is 5.92 Å². The van der Waals surface area contributed by atoms with Gasteiger partial charge in [-0.1, -0.05) is 19.3 Å². The van der Waals surface area contributed by atoms with E-state index < -0.39 is 0 Å². The van der Waals surface area contributed by atoms with E-state index in [1.54, 1.807) is 0 Å². The molecule has 84 valence electrons. The quantitative estimate of drug-likeness (QED) is 0.705. The van der Waals surface area contributed by atoms with Crippen LogP contribution >= 0.6 is 0 Å². The van der Waals surface area contributed by atoms with Crippen molar-refractivity contribution in [3.05, 3.63) is 0 Å². The first-order valence-electron chi connectivity index (χ1n) is 6.10. The lowest BCUT2D eigenvalue weighted by molar-refractivity contribution is -0.132. The number of carbonyl (C=O) groups is 2. The third-order valence-electron chi connectivity index (χ3n) is 3.57. The van der Waals surface area contributed by atoms with Crippen molar-refractivity contribution in [2.24, 2.45) is 5.92 Å². The molecule has 2 rings (SSSR count). The number of hydrogen-bond donors (Lipinski definition) is 1. The van der Waals surface area contributed by atoms with E-state index in [1.807, 2.05) is 0 Å². The molecule has 3 nitrogen and oxygen atoms in total. The van der Waals surface area contributed by atoms with E-state index in [9.17, 15) is 9.59 Å². The molecule has 0 aromatic heterocycles. The highest BCUT2D eigenvalue weighted by Gasteiger charge is 2.32. The summed E-state index contributed by atoms with van der Waals surface area (Å²) in [5, 5.41) is 3.03. The summed E-state index contributed by atoms with van der Waals surface area (Å²) in [6.45, 7) is 0. The lowest BCUT2D eigenvalue weighted by Crippen LogP contribution is -2.41. The molecule has 1 unspecified atom stereocenters. The molecule has 0 aliphatic heterocycles. The van der Waals surface area contributed by atoms with Gasteiger partial charge >= 0.3 is 0 Å². The molecule has 3 heteroatoms. The van der Waals surface area contributed by atoms with Gasteiger partial charge in [-0.05, 0) is 25.7 Å².